The van der Waals surface area contributed by atoms with Crippen LogP contribution in [0.15, 0.2) is 47.4 Å². The van der Waals surface area contributed by atoms with Gasteiger partial charge in [-0.25, -0.2) is 13.4 Å². The first-order valence-electron chi connectivity index (χ1n) is 9.35. The third-order valence-electron chi connectivity index (χ3n) is 4.71. The number of amides is 1. The minimum absolute atomic E-state index is 0.148. The van der Waals surface area contributed by atoms with Crippen molar-refractivity contribution in [1.82, 2.24) is 9.29 Å². The number of sulfonamides is 1. The van der Waals surface area contributed by atoms with Gasteiger partial charge in [-0.3, -0.25) is 10.1 Å². The largest absolute Gasteiger partial charge is 0.373 e. The standard InChI is InChI=1S/C20H20ClN3O4S2/c1-12-10-24(11-13(2)28-12)30(26,27)16-6-3-14(4-7-16)19(25)23-20-22-17-8-5-15(21)9-18(17)29-20/h3-9,12-13H,10-11H2,1-2H3,(H,22,23,25)/t12-,13+. The molecule has 0 bridgehead atoms. The number of thiazole rings is 1. The van der Waals surface area contributed by atoms with Crippen molar-refractivity contribution in [3.05, 3.63) is 53.1 Å². The second kappa shape index (κ2) is 8.24. The van der Waals surface area contributed by atoms with E-state index in [1.54, 1.807) is 18.2 Å². The van der Waals surface area contributed by atoms with Crippen molar-refractivity contribution in [1.29, 1.82) is 0 Å². The number of anilines is 1. The van der Waals surface area contributed by atoms with Crippen LogP contribution in [0.1, 0.15) is 24.2 Å². The number of hydrogen-bond acceptors (Lipinski definition) is 6. The Labute approximate surface area is 183 Å². The van der Waals surface area contributed by atoms with Crippen LogP contribution in [0.3, 0.4) is 0 Å². The molecule has 30 heavy (non-hydrogen) atoms. The maximum Gasteiger partial charge on any atom is 0.257 e. The second-order valence-electron chi connectivity index (χ2n) is 7.19. The molecule has 2 aromatic carbocycles. The van der Waals surface area contributed by atoms with Crippen LogP contribution in [0.25, 0.3) is 10.2 Å². The highest BCUT2D eigenvalue weighted by Gasteiger charge is 2.32. The number of morpholine rings is 1. The van der Waals surface area contributed by atoms with E-state index in [0.717, 1.165) is 10.2 Å². The Balaban J connectivity index is 1.50. The number of nitrogens with zero attached hydrogens (tertiary/aromatic N) is 2. The van der Waals surface area contributed by atoms with Gasteiger partial charge >= 0.3 is 0 Å². The van der Waals surface area contributed by atoms with Crippen LogP contribution >= 0.6 is 22.9 Å². The van der Waals surface area contributed by atoms with Crippen molar-refractivity contribution in [3.63, 3.8) is 0 Å². The van der Waals surface area contributed by atoms with Crippen molar-refractivity contribution in [3.8, 4) is 0 Å². The van der Waals surface area contributed by atoms with Gasteiger partial charge < -0.3 is 4.74 Å². The molecule has 1 aliphatic heterocycles. The number of rotatable bonds is 4. The smallest absolute Gasteiger partial charge is 0.257 e. The van der Waals surface area contributed by atoms with Gasteiger partial charge in [0.2, 0.25) is 10.0 Å². The van der Waals surface area contributed by atoms with Gasteiger partial charge in [0.25, 0.3) is 5.91 Å². The van der Waals surface area contributed by atoms with Crippen LogP contribution < -0.4 is 5.32 Å². The highest BCUT2D eigenvalue weighted by Crippen LogP contribution is 2.29. The predicted molar refractivity (Wildman–Crippen MR) is 118 cm³/mol. The molecule has 3 aromatic rings. The van der Waals surface area contributed by atoms with Crippen molar-refractivity contribution >= 4 is 54.2 Å². The number of ether oxygens (including phenoxy) is 1. The summed E-state index contributed by atoms with van der Waals surface area (Å²) in [5.41, 5.74) is 1.09. The van der Waals surface area contributed by atoms with E-state index in [0.29, 0.717) is 28.8 Å². The fourth-order valence-electron chi connectivity index (χ4n) is 3.38. The van der Waals surface area contributed by atoms with Crippen LogP contribution in [-0.2, 0) is 14.8 Å². The zero-order valence-corrected chi connectivity index (χ0v) is 18.7. The Morgan fingerprint density at radius 3 is 2.50 bits per heavy atom. The van der Waals surface area contributed by atoms with Gasteiger partial charge in [-0.15, -0.1) is 0 Å². The Morgan fingerprint density at radius 1 is 1.17 bits per heavy atom. The third-order valence-corrected chi connectivity index (χ3v) is 7.73. The van der Waals surface area contributed by atoms with Gasteiger partial charge in [-0.2, -0.15) is 4.31 Å². The topological polar surface area (TPSA) is 88.6 Å². The van der Waals surface area contributed by atoms with Gasteiger partial charge in [0.15, 0.2) is 5.13 Å². The Kier molecular flexibility index (Phi) is 5.82. The Hall–Kier alpha value is -2.04. The molecule has 7 nitrogen and oxygen atoms in total. The van der Waals surface area contributed by atoms with Crippen molar-refractivity contribution in [2.75, 3.05) is 18.4 Å². The summed E-state index contributed by atoms with van der Waals surface area (Å²) in [6.45, 7) is 4.30. The van der Waals surface area contributed by atoms with Gasteiger partial charge in [-0.1, -0.05) is 22.9 Å². The minimum Gasteiger partial charge on any atom is -0.373 e. The summed E-state index contributed by atoms with van der Waals surface area (Å²) >= 11 is 7.30. The van der Waals surface area contributed by atoms with Gasteiger partial charge in [0.1, 0.15) is 0 Å². The van der Waals surface area contributed by atoms with Crippen molar-refractivity contribution < 1.29 is 17.9 Å². The number of nitrogens with one attached hydrogen (secondary N) is 1. The molecule has 1 aliphatic rings. The number of hydrogen-bond donors (Lipinski definition) is 1. The van der Waals surface area contributed by atoms with E-state index >= 15 is 0 Å². The van der Waals surface area contributed by atoms with Gasteiger partial charge in [0, 0.05) is 23.7 Å². The maximum absolute atomic E-state index is 12.9. The molecule has 0 unspecified atom stereocenters. The third kappa shape index (κ3) is 4.35. The van der Waals surface area contributed by atoms with E-state index in [2.05, 4.69) is 10.3 Å². The number of halogens is 1. The lowest BCUT2D eigenvalue weighted by Gasteiger charge is -2.34. The molecule has 1 aromatic heterocycles. The summed E-state index contributed by atoms with van der Waals surface area (Å²) in [6, 6.07) is 11.2. The highest BCUT2D eigenvalue weighted by atomic mass is 35.5. The SMILES string of the molecule is C[C@@H]1CN(S(=O)(=O)c2ccc(C(=O)Nc3nc4ccc(Cl)cc4s3)cc2)C[C@H](C)O1. The molecule has 1 fully saturated rings. The fraction of sp³-hybridized carbons (Fsp3) is 0.300. The minimum atomic E-state index is -3.65. The van der Waals surface area contributed by atoms with E-state index in [4.69, 9.17) is 16.3 Å². The molecule has 2 heterocycles. The maximum atomic E-state index is 12.9. The van der Waals surface area contributed by atoms with Gasteiger partial charge in [0.05, 0.1) is 27.3 Å². The number of aromatic nitrogens is 1. The number of benzene rings is 2. The Morgan fingerprint density at radius 2 is 1.83 bits per heavy atom. The van der Waals surface area contributed by atoms with E-state index in [1.165, 1.54) is 39.9 Å². The van der Waals surface area contributed by atoms with Crippen molar-refractivity contribution in [2.24, 2.45) is 0 Å². The van der Waals surface area contributed by atoms with Gasteiger partial charge in [-0.05, 0) is 56.3 Å². The fourth-order valence-corrected chi connectivity index (χ4v) is 6.10. The molecule has 10 heteroatoms. The molecule has 0 spiro atoms. The summed E-state index contributed by atoms with van der Waals surface area (Å²) in [7, 11) is -3.65. The lowest BCUT2D eigenvalue weighted by molar-refractivity contribution is -0.0440. The predicted octanol–water partition coefficient (Wildman–Crippen LogP) is 4.00. The first-order valence-corrected chi connectivity index (χ1v) is 12.0. The summed E-state index contributed by atoms with van der Waals surface area (Å²) in [5, 5.41) is 3.80. The van der Waals surface area contributed by atoms with Crippen LogP contribution in [0, 0.1) is 0 Å². The lowest BCUT2D eigenvalue weighted by Crippen LogP contribution is -2.48. The first-order chi connectivity index (χ1) is 14.2. The van der Waals surface area contributed by atoms with Crippen LogP contribution in [0.5, 0.6) is 0 Å². The molecular formula is C20H20ClN3O4S2. The van der Waals surface area contributed by atoms with E-state index in [9.17, 15) is 13.2 Å². The highest BCUT2D eigenvalue weighted by molar-refractivity contribution is 7.89. The molecule has 4 rings (SSSR count). The monoisotopic (exact) mass is 465 g/mol. The van der Waals surface area contributed by atoms with E-state index in [-0.39, 0.29) is 23.0 Å². The summed E-state index contributed by atoms with van der Waals surface area (Å²) < 4.78 is 33.8. The average Bonchev–Trinajstić information content (AvgIpc) is 3.08. The summed E-state index contributed by atoms with van der Waals surface area (Å²) in [5.74, 6) is -0.363. The first kappa shape index (κ1) is 21.2. The molecule has 1 N–H and O–H groups in total. The normalized spacial score (nSPS) is 20.4. The molecular weight excluding hydrogens is 446 g/mol. The second-order valence-corrected chi connectivity index (χ2v) is 10.6. The molecule has 1 amide bonds. The summed E-state index contributed by atoms with van der Waals surface area (Å²) in [6.07, 6.45) is -0.338. The lowest BCUT2D eigenvalue weighted by atomic mass is 10.2. The molecule has 158 valence electrons. The zero-order valence-electron chi connectivity index (χ0n) is 16.3. The molecule has 2 atom stereocenters. The van der Waals surface area contributed by atoms with Crippen LogP contribution in [-0.4, -0.2) is 48.9 Å². The summed E-state index contributed by atoms with van der Waals surface area (Å²) in [4.78, 5) is 17.1. The van der Waals surface area contributed by atoms with Crippen molar-refractivity contribution in [2.45, 2.75) is 31.0 Å². The molecule has 0 aliphatic carbocycles. The average molecular weight is 466 g/mol. The van der Waals surface area contributed by atoms with E-state index in [1.807, 2.05) is 13.8 Å². The quantitative estimate of drug-likeness (QED) is 0.629. The number of carbonyl (C=O) groups excluding carboxylic acids is 1. The zero-order chi connectivity index (χ0) is 21.5. The Bertz CT molecular complexity index is 1180. The van der Waals surface area contributed by atoms with Crippen LogP contribution in [0.2, 0.25) is 5.02 Å². The van der Waals surface area contributed by atoms with E-state index < -0.39 is 10.0 Å². The molecule has 1 saturated heterocycles. The molecule has 0 saturated carbocycles. The van der Waals surface area contributed by atoms with Crippen LogP contribution in [0.4, 0.5) is 5.13 Å². The number of fused-ring (bicyclic) bond motifs is 1. The number of carbonyl (C=O) groups is 1. The molecule has 0 radical (unpaired) electrons.